The minimum absolute atomic E-state index is 0.0204. The number of carbonyl (C=O) groups is 2. The first-order valence-corrected chi connectivity index (χ1v) is 6.49. The molecule has 0 saturated heterocycles. The smallest absolute Gasteiger partial charge is 0.305 e. The minimum atomic E-state index is -0.856. The molecule has 1 aromatic rings. The Morgan fingerprint density at radius 1 is 1.47 bits per heavy atom. The Labute approximate surface area is 104 Å². The minimum Gasteiger partial charge on any atom is -0.481 e. The van der Waals surface area contributed by atoms with Crippen LogP contribution in [0.25, 0.3) is 0 Å². The molecule has 92 valence electrons. The van der Waals surface area contributed by atoms with Gasteiger partial charge in [-0.05, 0) is 31.9 Å². The van der Waals surface area contributed by atoms with Crippen molar-refractivity contribution in [3.8, 4) is 0 Å². The first kappa shape index (κ1) is 12.1. The molecule has 1 aromatic heterocycles. The van der Waals surface area contributed by atoms with Crippen LogP contribution in [0, 0.1) is 6.92 Å². The van der Waals surface area contributed by atoms with Gasteiger partial charge in [0.25, 0.3) is 5.91 Å². The number of carboxylic acid groups (broad SMARTS) is 1. The molecule has 1 amide bonds. The van der Waals surface area contributed by atoms with Crippen molar-refractivity contribution in [3.63, 3.8) is 0 Å². The Hall–Kier alpha value is -1.36. The number of nitrogens with zero attached hydrogens (tertiary/aromatic N) is 1. The second-order valence-corrected chi connectivity index (χ2v) is 5.57. The molecule has 4 nitrogen and oxygen atoms in total. The SMILES string of the molecule is Cc1ccc(C(=O)N(CCC(=O)O)C2CC2)s1. The van der Waals surface area contributed by atoms with E-state index >= 15 is 0 Å². The number of thiophene rings is 1. The van der Waals surface area contributed by atoms with E-state index in [9.17, 15) is 9.59 Å². The van der Waals surface area contributed by atoms with Crippen LogP contribution in [0.3, 0.4) is 0 Å². The van der Waals surface area contributed by atoms with Gasteiger partial charge < -0.3 is 10.0 Å². The first-order chi connectivity index (χ1) is 8.08. The maximum atomic E-state index is 12.2. The van der Waals surface area contributed by atoms with E-state index in [1.807, 2.05) is 19.1 Å². The molecule has 0 aliphatic heterocycles. The molecular weight excluding hydrogens is 238 g/mol. The second kappa shape index (κ2) is 4.87. The number of aliphatic carboxylic acids is 1. The molecule has 1 aliphatic rings. The van der Waals surface area contributed by atoms with Crippen molar-refractivity contribution in [1.29, 1.82) is 0 Å². The number of hydrogen-bond donors (Lipinski definition) is 1. The average Bonchev–Trinajstić information content (AvgIpc) is 3.00. The quantitative estimate of drug-likeness (QED) is 0.874. The molecule has 17 heavy (non-hydrogen) atoms. The summed E-state index contributed by atoms with van der Waals surface area (Å²) in [6, 6.07) is 3.99. The summed E-state index contributed by atoms with van der Waals surface area (Å²) in [4.78, 5) is 26.3. The van der Waals surface area contributed by atoms with Crippen LogP contribution >= 0.6 is 11.3 Å². The van der Waals surface area contributed by atoms with Gasteiger partial charge in [-0.1, -0.05) is 0 Å². The van der Waals surface area contributed by atoms with Gasteiger partial charge in [0.15, 0.2) is 0 Å². The zero-order chi connectivity index (χ0) is 12.4. The van der Waals surface area contributed by atoms with Crippen molar-refractivity contribution in [2.24, 2.45) is 0 Å². The van der Waals surface area contributed by atoms with Gasteiger partial charge in [0.1, 0.15) is 0 Å². The predicted molar refractivity (Wildman–Crippen MR) is 65.4 cm³/mol. The Morgan fingerprint density at radius 2 is 2.18 bits per heavy atom. The maximum absolute atomic E-state index is 12.2. The van der Waals surface area contributed by atoms with E-state index in [1.54, 1.807) is 4.90 Å². The van der Waals surface area contributed by atoms with Crippen molar-refractivity contribution >= 4 is 23.2 Å². The molecule has 5 heteroatoms. The van der Waals surface area contributed by atoms with Gasteiger partial charge in [0.2, 0.25) is 0 Å². The fourth-order valence-electron chi connectivity index (χ4n) is 1.74. The third-order valence-electron chi connectivity index (χ3n) is 2.77. The van der Waals surface area contributed by atoms with E-state index in [1.165, 1.54) is 11.3 Å². The van der Waals surface area contributed by atoms with Crippen LogP contribution in [0.2, 0.25) is 0 Å². The van der Waals surface area contributed by atoms with Gasteiger partial charge in [0.05, 0.1) is 11.3 Å². The van der Waals surface area contributed by atoms with Gasteiger partial charge in [-0.3, -0.25) is 9.59 Å². The Balaban J connectivity index is 2.05. The standard InChI is InChI=1S/C12H15NO3S/c1-8-2-5-10(17-8)12(16)13(9-3-4-9)7-6-11(14)15/h2,5,9H,3-4,6-7H2,1H3,(H,14,15). The van der Waals surface area contributed by atoms with Crippen LogP contribution in [0.5, 0.6) is 0 Å². The molecule has 1 aliphatic carbocycles. The monoisotopic (exact) mass is 253 g/mol. The highest BCUT2D eigenvalue weighted by molar-refractivity contribution is 7.13. The molecule has 0 unspecified atom stereocenters. The van der Waals surface area contributed by atoms with E-state index in [0.29, 0.717) is 11.4 Å². The summed E-state index contributed by atoms with van der Waals surface area (Å²) in [5.41, 5.74) is 0. The van der Waals surface area contributed by atoms with Crippen LogP contribution in [0.15, 0.2) is 12.1 Å². The van der Waals surface area contributed by atoms with Gasteiger partial charge >= 0.3 is 5.97 Å². The maximum Gasteiger partial charge on any atom is 0.305 e. The van der Waals surface area contributed by atoms with Gasteiger partial charge in [-0.25, -0.2) is 0 Å². The molecular formula is C12H15NO3S. The zero-order valence-electron chi connectivity index (χ0n) is 9.68. The van der Waals surface area contributed by atoms with E-state index in [-0.39, 0.29) is 18.4 Å². The van der Waals surface area contributed by atoms with E-state index in [0.717, 1.165) is 17.7 Å². The molecule has 1 N–H and O–H groups in total. The van der Waals surface area contributed by atoms with Crippen molar-refractivity contribution in [1.82, 2.24) is 4.90 Å². The van der Waals surface area contributed by atoms with Crippen LogP contribution in [0.1, 0.15) is 33.8 Å². The summed E-state index contributed by atoms with van der Waals surface area (Å²) in [5.74, 6) is -0.877. The fourth-order valence-corrected chi connectivity index (χ4v) is 2.57. The molecule has 2 rings (SSSR count). The van der Waals surface area contributed by atoms with Crippen molar-refractivity contribution in [3.05, 3.63) is 21.9 Å². The largest absolute Gasteiger partial charge is 0.481 e. The molecule has 1 fully saturated rings. The van der Waals surface area contributed by atoms with Gasteiger partial charge in [0, 0.05) is 17.5 Å². The zero-order valence-corrected chi connectivity index (χ0v) is 10.5. The van der Waals surface area contributed by atoms with Crippen molar-refractivity contribution < 1.29 is 14.7 Å². The van der Waals surface area contributed by atoms with E-state index < -0.39 is 5.97 Å². The lowest BCUT2D eigenvalue weighted by Gasteiger charge is -2.20. The van der Waals surface area contributed by atoms with E-state index in [2.05, 4.69) is 0 Å². The lowest BCUT2D eigenvalue weighted by Crippen LogP contribution is -2.34. The Bertz CT molecular complexity index is 437. The Morgan fingerprint density at radius 3 is 2.65 bits per heavy atom. The van der Waals surface area contributed by atoms with Crippen LogP contribution in [-0.4, -0.2) is 34.5 Å². The third-order valence-corrected chi connectivity index (χ3v) is 3.75. The number of amides is 1. The Kier molecular flexibility index (Phi) is 3.47. The molecule has 0 atom stereocenters. The number of carboxylic acids is 1. The van der Waals surface area contributed by atoms with Crippen molar-refractivity contribution in [2.75, 3.05) is 6.54 Å². The van der Waals surface area contributed by atoms with Gasteiger partial charge in [-0.15, -0.1) is 11.3 Å². The molecule has 0 aromatic carbocycles. The number of rotatable bonds is 5. The summed E-state index contributed by atoms with van der Waals surface area (Å²) in [6.07, 6.45) is 2.01. The third kappa shape index (κ3) is 3.06. The van der Waals surface area contributed by atoms with Crippen LogP contribution < -0.4 is 0 Å². The summed E-state index contributed by atoms with van der Waals surface area (Å²) in [5, 5.41) is 8.69. The lowest BCUT2D eigenvalue weighted by molar-refractivity contribution is -0.137. The normalized spacial score (nSPS) is 14.6. The number of carbonyl (C=O) groups excluding carboxylic acids is 1. The highest BCUT2D eigenvalue weighted by atomic mass is 32.1. The summed E-state index contributed by atoms with van der Waals surface area (Å²) in [7, 11) is 0. The fraction of sp³-hybridized carbons (Fsp3) is 0.500. The van der Waals surface area contributed by atoms with Crippen LogP contribution in [0.4, 0.5) is 0 Å². The number of hydrogen-bond acceptors (Lipinski definition) is 3. The second-order valence-electron chi connectivity index (χ2n) is 4.28. The molecule has 1 heterocycles. The highest BCUT2D eigenvalue weighted by Crippen LogP contribution is 2.29. The number of aryl methyl sites for hydroxylation is 1. The first-order valence-electron chi connectivity index (χ1n) is 5.67. The highest BCUT2D eigenvalue weighted by Gasteiger charge is 2.33. The predicted octanol–water partition coefficient (Wildman–Crippen LogP) is 2.14. The molecule has 1 saturated carbocycles. The molecule has 0 spiro atoms. The topological polar surface area (TPSA) is 57.6 Å². The lowest BCUT2D eigenvalue weighted by atomic mass is 10.3. The van der Waals surface area contributed by atoms with Gasteiger partial charge in [-0.2, -0.15) is 0 Å². The summed E-state index contributed by atoms with van der Waals surface area (Å²) < 4.78 is 0. The van der Waals surface area contributed by atoms with Crippen LogP contribution in [-0.2, 0) is 4.79 Å². The van der Waals surface area contributed by atoms with E-state index in [4.69, 9.17) is 5.11 Å². The summed E-state index contributed by atoms with van der Waals surface area (Å²) in [6.45, 7) is 2.27. The average molecular weight is 253 g/mol. The molecule has 0 bridgehead atoms. The van der Waals surface area contributed by atoms with Crippen molar-refractivity contribution in [2.45, 2.75) is 32.2 Å². The molecule has 0 radical (unpaired) electrons. The summed E-state index contributed by atoms with van der Waals surface area (Å²) >= 11 is 1.46.